The van der Waals surface area contributed by atoms with Gasteiger partial charge in [-0.2, -0.15) is 0 Å². The lowest BCUT2D eigenvalue weighted by Crippen LogP contribution is -2.25. The molecule has 0 saturated carbocycles. The van der Waals surface area contributed by atoms with Gasteiger partial charge in [0.2, 0.25) is 0 Å². The van der Waals surface area contributed by atoms with Gasteiger partial charge in [-0.05, 0) is 17.9 Å². The largest absolute Gasteiger partial charge is 0.380 e. The van der Waals surface area contributed by atoms with Crippen molar-refractivity contribution in [2.75, 3.05) is 32.8 Å². The summed E-state index contributed by atoms with van der Waals surface area (Å²) in [6, 6.07) is 2.08. The highest BCUT2D eigenvalue weighted by Gasteiger charge is 2.12. The van der Waals surface area contributed by atoms with E-state index in [4.69, 9.17) is 10.5 Å². The number of nitrogens with two attached hydrogens (primary N) is 1. The molecular formula is C13H18N2OS. The molecule has 0 atom stereocenters. The van der Waals surface area contributed by atoms with Crippen molar-refractivity contribution in [1.82, 2.24) is 4.90 Å². The fourth-order valence-corrected chi connectivity index (χ4v) is 2.75. The van der Waals surface area contributed by atoms with E-state index in [-0.39, 0.29) is 0 Å². The fourth-order valence-electron chi connectivity index (χ4n) is 1.88. The van der Waals surface area contributed by atoms with Crippen LogP contribution in [0, 0.1) is 11.8 Å². The van der Waals surface area contributed by atoms with Gasteiger partial charge in [-0.15, -0.1) is 11.3 Å². The molecule has 1 aliphatic heterocycles. The van der Waals surface area contributed by atoms with Gasteiger partial charge in [0, 0.05) is 36.7 Å². The molecule has 1 aromatic heterocycles. The minimum Gasteiger partial charge on any atom is -0.380 e. The van der Waals surface area contributed by atoms with Gasteiger partial charge in [0.1, 0.15) is 0 Å². The SMILES string of the molecule is NCC#Cc1ccsc1CN1CCCOCC1. The van der Waals surface area contributed by atoms with E-state index >= 15 is 0 Å². The van der Waals surface area contributed by atoms with Crippen molar-refractivity contribution in [3.05, 3.63) is 21.9 Å². The zero-order valence-corrected chi connectivity index (χ0v) is 10.8. The van der Waals surface area contributed by atoms with Crippen molar-refractivity contribution in [3.63, 3.8) is 0 Å². The third kappa shape index (κ3) is 3.83. The normalized spacial score (nSPS) is 17.2. The van der Waals surface area contributed by atoms with Gasteiger partial charge in [0.25, 0.3) is 0 Å². The van der Waals surface area contributed by atoms with Crippen LogP contribution in [0.4, 0.5) is 0 Å². The maximum absolute atomic E-state index is 5.46. The maximum Gasteiger partial charge on any atom is 0.0593 e. The highest BCUT2D eigenvalue weighted by Crippen LogP contribution is 2.18. The molecule has 1 aliphatic rings. The molecule has 4 heteroatoms. The molecule has 1 fully saturated rings. The molecular weight excluding hydrogens is 232 g/mol. The zero-order valence-electron chi connectivity index (χ0n) is 9.95. The Bertz CT molecular complexity index is 397. The molecule has 17 heavy (non-hydrogen) atoms. The van der Waals surface area contributed by atoms with Gasteiger partial charge < -0.3 is 10.5 Å². The number of thiophene rings is 1. The number of nitrogens with zero attached hydrogens (tertiary/aromatic N) is 1. The second-order valence-electron chi connectivity index (χ2n) is 4.01. The molecule has 0 spiro atoms. The number of hydrogen-bond acceptors (Lipinski definition) is 4. The highest BCUT2D eigenvalue weighted by molar-refractivity contribution is 7.10. The van der Waals surface area contributed by atoms with E-state index in [1.165, 1.54) is 4.88 Å². The van der Waals surface area contributed by atoms with Crippen LogP contribution in [0.3, 0.4) is 0 Å². The molecule has 0 radical (unpaired) electrons. The summed E-state index contributed by atoms with van der Waals surface area (Å²) in [6.07, 6.45) is 1.12. The summed E-state index contributed by atoms with van der Waals surface area (Å²) in [5.41, 5.74) is 6.53. The summed E-state index contributed by atoms with van der Waals surface area (Å²) < 4.78 is 5.46. The molecule has 1 aromatic rings. The predicted octanol–water partition coefficient (Wildman–Crippen LogP) is 1.28. The van der Waals surface area contributed by atoms with E-state index in [9.17, 15) is 0 Å². The molecule has 0 aromatic carbocycles. The van der Waals surface area contributed by atoms with Crippen molar-refractivity contribution in [1.29, 1.82) is 0 Å². The summed E-state index contributed by atoms with van der Waals surface area (Å²) in [5, 5.41) is 2.10. The first kappa shape index (κ1) is 12.6. The Morgan fingerprint density at radius 1 is 1.41 bits per heavy atom. The van der Waals surface area contributed by atoms with Crippen LogP contribution in [0.25, 0.3) is 0 Å². The van der Waals surface area contributed by atoms with Gasteiger partial charge in [0.05, 0.1) is 13.2 Å². The van der Waals surface area contributed by atoms with Crippen molar-refractivity contribution in [2.24, 2.45) is 5.73 Å². The van der Waals surface area contributed by atoms with E-state index in [1.807, 2.05) is 0 Å². The van der Waals surface area contributed by atoms with Gasteiger partial charge in [-0.25, -0.2) is 0 Å². The lowest BCUT2D eigenvalue weighted by atomic mass is 10.2. The summed E-state index contributed by atoms with van der Waals surface area (Å²) in [7, 11) is 0. The van der Waals surface area contributed by atoms with Crippen LogP contribution in [0.15, 0.2) is 11.4 Å². The van der Waals surface area contributed by atoms with Crippen molar-refractivity contribution in [3.8, 4) is 11.8 Å². The van der Waals surface area contributed by atoms with Crippen LogP contribution in [0.5, 0.6) is 0 Å². The Morgan fingerprint density at radius 2 is 2.35 bits per heavy atom. The molecule has 0 unspecified atom stereocenters. The lowest BCUT2D eigenvalue weighted by molar-refractivity contribution is 0.140. The van der Waals surface area contributed by atoms with E-state index in [0.29, 0.717) is 6.54 Å². The quantitative estimate of drug-likeness (QED) is 0.804. The summed E-state index contributed by atoms with van der Waals surface area (Å²) >= 11 is 1.77. The van der Waals surface area contributed by atoms with Gasteiger partial charge >= 0.3 is 0 Å². The van der Waals surface area contributed by atoms with Gasteiger partial charge in [0.15, 0.2) is 0 Å². The van der Waals surface area contributed by atoms with Gasteiger partial charge in [-0.1, -0.05) is 11.8 Å². The zero-order chi connectivity index (χ0) is 11.9. The summed E-state index contributed by atoms with van der Waals surface area (Å²) in [5.74, 6) is 6.06. The smallest absolute Gasteiger partial charge is 0.0593 e. The third-order valence-electron chi connectivity index (χ3n) is 2.75. The van der Waals surface area contributed by atoms with E-state index < -0.39 is 0 Å². The molecule has 2 N–H and O–H groups in total. The summed E-state index contributed by atoms with van der Waals surface area (Å²) in [6.45, 7) is 5.27. The van der Waals surface area contributed by atoms with Crippen molar-refractivity contribution in [2.45, 2.75) is 13.0 Å². The average Bonchev–Trinajstić information content (AvgIpc) is 2.61. The Morgan fingerprint density at radius 3 is 3.24 bits per heavy atom. The Kier molecular flexibility index (Phi) is 5.02. The first-order chi connectivity index (χ1) is 8.40. The number of rotatable bonds is 2. The highest BCUT2D eigenvalue weighted by atomic mass is 32.1. The van der Waals surface area contributed by atoms with Crippen LogP contribution in [-0.2, 0) is 11.3 Å². The Labute approximate surface area is 107 Å². The first-order valence-electron chi connectivity index (χ1n) is 5.95. The molecule has 92 valence electrons. The summed E-state index contributed by atoms with van der Waals surface area (Å²) in [4.78, 5) is 3.78. The van der Waals surface area contributed by atoms with E-state index in [1.54, 1.807) is 11.3 Å². The predicted molar refractivity (Wildman–Crippen MR) is 71.0 cm³/mol. The molecule has 1 saturated heterocycles. The van der Waals surface area contributed by atoms with Crippen LogP contribution in [0.1, 0.15) is 16.9 Å². The Balaban J connectivity index is 1.99. The van der Waals surface area contributed by atoms with Crippen LogP contribution in [0.2, 0.25) is 0 Å². The molecule has 2 heterocycles. The molecule has 0 bridgehead atoms. The van der Waals surface area contributed by atoms with E-state index in [2.05, 4.69) is 28.2 Å². The lowest BCUT2D eigenvalue weighted by Gasteiger charge is -2.18. The minimum absolute atomic E-state index is 0.423. The molecule has 3 nitrogen and oxygen atoms in total. The van der Waals surface area contributed by atoms with Crippen molar-refractivity contribution < 1.29 is 4.74 Å². The molecule has 2 rings (SSSR count). The second-order valence-corrected chi connectivity index (χ2v) is 5.01. The Hall–Kier alpha value is -0.860. The third-order valence-corrected chi connectivity index (χ3v) is 3.66. The monoisotopic (exact) mass is 250 g/mol. The average molecular weight is 250 g/mol. The standard InChI is InChI=1S/C13H18N2OS/c14-5-1-3-12-4-10-17-13(12)11-15-6-2-8-16-9-7-15/h4,10H,2,5-9,11,14H2. The molecule has 0 aliphatic carbocycles. The number of hydrogen-bond donors (Lipinski definition) is 1. The molecule has 0 amide bonds. The second kappa shape index (κ2) is 6.77. The van der Waals surface area contributed by atoms with Gasteiger partial charge in [-0.3, -0.25) is 4.90 Å². The fraction of sp³-hybridized carbons (Fsp3) is 0.538. The first-order valence-corrected chi connectivity index (χ1v) is 6.83. The maximum atomic E-state index is 5.46. The van der Waals surface area contributed by atoms with E-state index in [0.717, 1.165) is 44.8 Å². The minimum atomic E-state index is 0.423. The van der Waals surface area contributed by atoms with Crippen LogP contribution < -0.4 is 5.73 Å². The van der Waals surface area contributed by atoms with Crippen LogP contribution in [-0.4, -0.2) is 37.7 Å². The number of ether oxygens (including phenoxy) is 1. The van der Waals surface area contributed by atoms with Crippen LogP contribution >= 0.6 is 11.3 Å². The topological polar surface area (TPSA) is 38.5 Å². The van der Waals surface area contributed by atoms with Crippen molar-refractivity contribution >= 4 is 11.3 Å².